The Hall–Kier alpha value is -2.64. The molecular weight excluding hydrogens is 335 g/mol. The lowest BCUT2D eigenvalue weighted by Crippen LogP contribution is -2.44. The van der Waals surface area contributed by atoms with Crippen LogP contribution in [-0.4, -0.2) is 45.9 Å². The molecule has 1 aromatic heterocycles. The van der Waals surface area contributed by atoms with Crippen molar-refractivity contribution in [1.29, 1.82) is 0 Å². The summed E-state index contributed by atoms with van der Waals surface area (Å²) in [6.45, 7) is 1.59. The van der Waals surface area contributed by atoms with Gasteiger partial charge in [0.05, 0.1) is 17.6 Å². The van der Waals surface area contributed by atoms with E-state index >= 15 is 0 Å². The summed E-state index contributed by atoms with van der Waals surface area (Å²) in [5.74, 6) is -1.30. The number of pyridine rings is 1. The van der Waals surface area contributed by atoms with Gasteiger partial charge in [-0.05, 0) is 48.4 Å². The molecule has 5 rings (SSSR count). The van der Waals surface area contributed by atoms with Crippen LogP contribution in [0.25, 0.3) is 0 Å². The van der Waals surface area contributed by atoms with E-state index in [0.717, 1.165) is 25.1 Å². The van der Waals surface area contributed by atoms with Gasteiger partial charge in [-0.25, -0.2) is 19.3 Å². The highest BCUT2D eigenvalue weighted by Crippen LogP contribution is 2.48. The summed E-state index contributed by atoms with van der Waals surface area (Å²) in [5, 5.41) is 4.20. The van der Waals surface area contributed by atoms with Crippen LogP contribution in [0.3, 0.4) is 0 Å². The van der Waals surface area contributed by atoms with Crippen LogP contribution in [-0.2, 0) is 9.59 Å². The van der Waals surface area contributed by atoms with Crippen molar-refractivity contribution in [3.05, 3.63) is 60.2 Å². The smallest absolute Gasteiger partial charge is 0.253 e. The molecule has 3 aliphatic heterocycles. The first-order chi connectivity index (χ1) is 12.7. The van der Waals surface area contributed by atoms with Gasteiger partial charge in [-0.2, -0.15) is 0 Å². The number of hydrogen-bond acceptors (Lipinski definition) is 5. The lowest BCUT2D eigenvalue weighted by Gasteiger charge is -2.29. The quantitative estimate of drug-likeness (QED) is 0.771. The van der Waals surface area contributed by atoms with E-state index in [4.69, 9.17) is 0 Å². The molecule has 3 aliphatic rings. The fraction of sp³-hybridized carbons (Fsp3) is 0.316. The fourth-order valence-electron chi connectivity index (χ4n) is 4.52. The van der Waals surface area contributed by atoms with E-state index in [0.29, 0.717) is 5.69 Å². The van der Waals surface area contributed by atoms with E-state index in [2.05, 4.69) is 9.99 Å². The van der Waals surface area contributed by atoms with Crippen LogP contribution >= 0.6 is 0 Å². The first kappa shape index (κ1) is 15.6. The number of carbonyl (C=O) groups is 2. The van der Waals surface area contributed by atoms with E-state index in [-0.39, 0.29) is 17.9 Å². The molecule has 3 atom stereocenters. The summed E-state index contributed by atoms with van der Waals surface area (Å²) >= 11 is 0. The highest BCUT2D eigenvalue weighted by molar-refractivity contribution is 6.24. The van der Waals surface area contributed by atoms with Gasteiger partial charge in [0.15, 0.2) is 0 Å². The Morgan fingerprint density at radius 2 is 1.54 bits per heavy atom. The van der Waals surface area contributed by atoms with Gasteiger partial charge >= 0.3 is 0 Å². The number of amides is 2. The van der Waals surface area contributed by atoms with Crippen LogP contribution in [0.5, 0.6) is 0 Å². The third-order valence-corrected chi connectivity index (χ3v) is 5.54. The second-order valence-corrected chi connectivity index (χ2v) is 6.86. The van der Waals surface area contributed by atoms with Crippen molar-refractivity contribution in [2.24, 2.45) is 5.92 Å². The molecule has 0 spiro atoms. The molecule has 132 valence electrons. The molecule has 7 heteroatoms. The fourth-order valence-corrected chi connectivity index (χ4v) is 4.52. The van der Waals surface area contributed by atoms with Gasteiger partial charge < -0.3 is 0 Å². The zero-order valence-electron chi connectivity index (χ0n) is 14.0. The zero-order valence-corrected chi connectivity index (χ0v) is 14.0. The van der Waals surface area contributed by atoms with Crippen molar-refractivity contribution in [3.8, 4) is 0 Å². The van der Waals surface area contributed by atoms with E-state index in [1.807, 2.05) is 17.1 Å². The molecule has 0 unspecified atom stereocenters. The number of fused-ring (bicyclic) bond motifs is 3. The number of rotatable bonds is 2. The first-order valence-electron chi connectivity index (χ1n) is 8.73. The molecule has 0 radical (unpaired) electrons. The largest absolute Gasteiger partial charge is 0.274 e. The van der Waals surface area contributed by atoms with E-state index in [1.165, 1.54) is 29.2 Å². The predicted molar refractivity (Wildman–Crippen MR) is 91.2 cm³/mol. The average molecular weight is 352 g/mol. The van der Waals surface area contributed by atoms with Crippen molar-refractivity contribution in [3.63, 3.8) is 0 Å². The molecule has 4 heterocycles. The molecule has 3 fully saturated rings. The monoisotopic (exact) mass is 352 g/mol. The van der Waals surface area contributed by atoms with Crippen LogP contribution in [0.2, 0.25) is 0 Å². The van der Waals surface area contributed by atoms with Gasteiger partial charge in [0.25, 0.3) is 5.91 Å². The minimum absolute atomic E-state index is 0.174. The third-order valence-electron chi connectivity index (χ3n) is 5.54. The van der Waals surface area contributed by atoms with Gasteiger partial charge in [-0.15, -0.1) is 0 Å². The molecule has 2 aromatic rings. The maximum Gasteiger partial charge on any atom is 0.253 e. The van der Waals surface area contributed by atoms with Crippen LogP contribution in [0.1, 0.15) is 18.0 Å². The highest BCUT2D eigenvalue weighted by Gasteiger charge is 2.62. The number of imide groups is 1. The maximum absolute atomic E-state index is 13.2. The number of halogens is 1. The molecule has 1 aromatic carbocycles. The molecular formula is C19H17FN4O2. The molecule has 3 saturated heterocycles. The summed E-state index contributed by atoms with van der Waals surface area (Å²) in [6, 6.07) is 8.65. The standard InChI is InChI=1S/C19H17FN4O2/c20-13-2-4-14(5-3-13)24-18(25)15-16(12-6-8-21-9-7-12)22-10-1-11-23(22)17(15)19(24)26/h2-9,15-17H,1,10-11H2/t15-,16-,17+/m0/s1. The van der Waals surface area contributed by atoms with Gasteiger partial charge in [0.2, 0.25) is 5.91 Å². The summed E-state index contributed by atoms with van der Waals surface area (Å²) in [4.78, 5) is 31.7. The van der Waals surface area contributed by atoms with Gasteiger partial charge in [0, 0.05) is 25.5 Å². The van der Waals surface area contributed by atoms with Crippen molar-refractivity contribution in [2.75, 3.05) is 18.0 Å². The molecule has 0 saturated carbocycles. The molecule has 6 nitrogen and oxygen atoms in total. The minimum atomic E-state index is -0.492. The number of benzene rings is 1. The number of hydrogen-bond donors (Lipinski definition) is 0. The second-order valence-electron chi connectivity index (χ2n) is 6.86. The van der Waals surface area contributed by atoms with Crippen LogP contribution in [0.4, 0.5) is 10.1 Å². The Balaban J connectivity index is 1.58. The summed E-state index contributed by atoms with van der Waals surface area (Å²) < 4.78 is 13.2. The van der Waals surface area contributed by atoms with Crippen molar-refractivity contribution in [1.82, 2.24) is 15.0 Å². The Morgan fingerprint density at radius 1 is 0.885 bits per heavy atom. The molecule has 2 amide bonds. The van der Waals surface area contributed by atoms with E-state index in [9.17, 15) is 14.0 Å². The summed E-state index contributed by atoms with van der Waals surface area (Å²) in [7, 11) is 0. The van der Waals surface area contributed by atoms with Crippen molar-refractivity contribution >= 4 is 17.5 Å². The van der Waals surface area contributed by atoms with Crippen LogP contribution < -0.4 is 4.90 Å². The molecule has 0 aliphatic carbocycles. The average Bonchev–Trinajstić information content (AvgIpc) is 3.29. The van der Waals surface area contributed by atoms with Gasteiger partial charge in [-0.1, -0.05) is 0 Å². The van der Waals surface area contributed by atoms with E-state index < -0.39 is 17.8 Å². The van der Waals surface area contributed by atoms with Gasteiger partial charge in [0.1, 0.15) is 11.9 Å². The lowest BCUT2D eigenvalue weighted by atomic mass is 9.90. The third kappa shape index (κ3) is 2.07. The second kappa shape index (κ2) is 5.69. The number of hydrazine groups is 1. The van der Waals surface area contributed by atoms with Gasteiger partial charge in [-0.3, -0.25) is 14.6 Å². The zero-order chi connectivity index (χ0) is 17.8. The Labute approximate surface area is 149 Å². The van der Waals surface area contributed by atoms with E-state index in [1.54, 1.807) is 12.4 Å². The summed E-state index contributed by atoms with van der Waals surface area (Å²) in [6.07, 6.45) is 4.38. The number of aromatic nitrogens is 1. The topological polar surface area (TPSA) is 56.8 Å². The Kier molecular flexibility index (Phi) is 3.41. The lowest BCUT2D eigenvalue weighted by molar-refractivity contribution is -0.126. The molecule has 0 N–H and O–H groups in total. The number of anilines is 1. The van der Waals surface area contributed by atoms with Crippen molar-refractivity contribution < 1.29 is 14.0 Å². The Morgan fingerprint density at radius 3 is 2.23 bits per heavy atom. The maximum atomic E-state index is 13.2. The number of nitrogens with zero attached hydrogens (tertiary/aromatic N) is 4. The normalized spacial score (nSPS) is 28.7. The molecule has 26 heavy (non-hydrogen) atoms. The number of carbonyl (C=O) groups excluding carboxylic acids is 2. The summed E-state index contributed by atoms with van der Waals surface area (Å²) in [5.41, 5.74) is 1.41. The molecule has 0 bridgehead atoms. The minimum Gasteiger partial charge on any atom is -0.274 e. The van der Waals surface area contributed by atoms with Crippen LogP contribution in [0, 0.1) is 11.7 Å². The SMILES string of the molecule is O=C1[C@@H]2[C@H](C(=O)N1c1ccc(F)cc1)N1CCCN1[C@H]2c1ccncc1. The van der Waals surface area contributed by atoms with Crippen LogP contribution in [0.15, 0.2) is 48.8 Å². The first-order valence-corrected chi connectivity index (χ1v) is 8.73. The predicted octanol–water partition coefficient (Wildman–Crippen LogP) is 1.76. The Bertz CT molecular complexity index is 873. The highest BCUT2D eigenvalue weighted by atomic mass is 19.1. The van der Waals surface area contributed by atoms with Crippen molar-refractivity contribution in [2.45, 2.75) is 18.5 Å².